The molecule has 2 aliphatic rings. The maximum absolute atomic E-state index is 13.8. The van der Waals surface area contributed by atoms with Gasteiger partial charge in [-0.15, -0.1) is 0 Å². The van der Waals surface area contributed by atoms with E-state index in [4.69, 9.17) is 21.4 Å². The molecule has 2 aliphatic carbocycles. The molecule has 9 nitrogen and oxygen atoms in total. The van der Waals surface area contributed by atoms with Gasteiger partial charge in [0.05, 0.1) is 40.6 Å². The van der Waals surface area contributed by atoms with Crippen LogP contribution in [-0.4, -0.2) is 77.6 Å². The van der Waals surface area contributed by atoms with Gasteiger partial charge in [-0.2, -0.15) is 0 Å². The molecule has 7 atom stereocenters. The molecule has 14 heteroatoms. The highest BCUT2D eigenvalue weighted by atomic mass is 35.5. The molecule has 0 saturated heterocycles. The summed E-state index contributed by atoms with van der Waals surface area (Å²) in [6, 6.07) is 4.68. The number of benzene rings is 2. The first-order valence-corrected chi connectivity index (χ1v) is 14.9. The van der Waals surface area contributed by atoms with Crippen LogP contribution in [0.2, 0.25) is 5.02 Å². The Bertz CT molecular complexity index is 1390. The normalized spacial score (nSPS) is 27.4. The molecule has 0 spiro atoms. The number of sulfone groups is 1. The number of fused-ring (bicyclic) bond motifs is 2. The second-order valence-electron chi connectivity index (χ2n) is 10.8. The third kappa shape index (κ3) is 6.26. The number of ether oxygens (including phenoxy) is 1. The summed E-state index contributed by atoms with van der Waals surface area (Å²) in [6.45, 7) is 0.705. The Morgan fingerprint density at radius 1 is 1.12 bits per heavy atom. The van der Waals surface area contributed by atoms with Crippen LogP contribution in [0, 0.1) is 35.2 Å². The Hall–Kier alpha value is -2.26. The van der Waals surface area contributed by atoms with Crippen molar-refractivity contribution in [2.24, 2.45) is 17.8 Å². The maximum Gasteiger partial charge on any atom is 0.255 e. The Morgan fingerprint density at radius 2 is 1.78 bits per heavy atom. The Labute approximate surface area is 239 Å². The van der Waals surface area contributed by atoms with Crippen molar-refractivity contribution >= 4 is 33.0 Å². The van der Waals surface area contributed by atoms with Crippen LogP contribution in [-0.2, 0) is 14.6 Å². The number of nitrogens with one attached hydrogen (secondary N) is 1. The zero-order valence-corrected chi connectivity index (χ0v) is 23.5. The number of halogens is 4. The molecule has 2 fully saturated rings. The van der Waals surface area contributed by atoms with E-state index in [-0.39, 0.29) is 53.1 Å². The van der Waals surface area contributed by atoms with Gasteiger partial charge in [-0.1, -0.05) is 18.5 Å². The van der Waals surface area contributed by atoms with Crippen molar-refractivity contribution in [1.29, 1.82) is 0 Å². The summed E-state index contributed by atoms with van der Waals surface area (Å²) in [4.78, 5) is 12.4. The van der Waals surface area contributed by atoms with Crippen LogP contribution in [0.25, 0.3) is 0 Å². The first-order valence-electron chi connectivity index (χ1n) is 13.0. The Kier molecular flexibility index (Phi) is 9.39. The van der Waals surface area contributed by atoms with Crippen LogP contribution in [0.5, 0.6) is 0 Å². The second-order valence-corrected chi connectivity index (χ2v) is 13.4. The molecule has 0 heterocycles. The molecule has 0 radical (unpaired) electrons. The summed E-state index contributed by atoms with van der Waals surface area (Å²) in [5, 5.41) is 40.9. The average Bonchev–Trinajstić information content (AvgIpc) is 3.03. The summed E-state index contributed by atoms with van der Waals surface area (Å²) < 4.78 is 73.4. The second kappa shape index (κ2) is 12.2. The highest BCUT2D eigenvalue weighted by Crippen LogP contribution is 2.55. The molecule has 5 N–H and O–H groups in total. The van der Waals surface area contributed by atoms with E-state index in [9.17, 15) is 41.7 Å². The lowest BCUT2D eigenvalue weighted by atomic mass is 9.73. The Morgan fingerprint density at radius 3 is 2.39 bits per heavy atom. The van der Waals surface area contributed by atoms with E-state index >= 15 is 0 Å². The molecule has 1 amide bonds. The molecule has 2 bridgehead atoms. The molecule has 2 saturated carbocycles. The minimum atomic E-state index is -4.12. The van der Waals surface area contributed by atoms with Crippen molar-refractivity contribution in [2.75, 3.05) is 25.1 Å². The molecule has 3 unspecified atom stereocenters. The van der Waals surface area contributed by atoms with Crippen molar-refractivity contribution in [3.05, 3.63) is 58.4 Å². The Balaban J connectivity index is 1.51. The van der Waals surface area contributed by atoms with Crippen LogP contribution in [0.3, 0.4) is 0 Å². The summed E-state index contributed by atoms with van der Waals surface area (Å²) in [7, 11) is -4.12. The maximum atomic E-state index is 13.8. The van der Waals surface area contributed by atoms with E-state index in [1.165, 1.54) is 12.1 Å². The number of anilines is 1. The van der Waals surface area contributed by atoms with Gasteiger partial charge in [-0.25, -0.2) is 21.6 Å². The van der Waals surface area contributed by atoms with E-state index in [0.717, 1.165) is 6.07 Å². The predicted octanol–water partition coefficient (Wildman–Crippen LogP) is 2.68. The topological polar surface area (TPSA) is 153 Å². The molecular weight excluding hydrogens is 591 g/mol. The fourth-order valence-corrected chi connectivity index (χ4v) is 8.35. The molecule has 2 aromatic carbocycles. The van der Waals surface area contributed by atoms with Gasteiger partial charge in [0.25, 0.3) is 5.91 Å². The fraction of sp³-hybridized carbons (Fsp3) is 0.519. The summed E-state index contributed by atoms with van der Waals surface area (Å²) in [5.41, 5.74) is -1.91. The predicted molar refractivity (Wildman–Crippen MR) is 142 cm³/mol. The van der Waals surface area contributed by atoms with Crippen molar-refractivity contribution in [1.82, 2.24) is 0 Å². The zero-order chi connectivity index (χ0) is 30.3. The fourth-order valence-electron chi connectivity index (χ4n) is 5.97. The van der Waals surface area contributed by atoms with Crippen LogP contribution < -0.4 is 5.32 Å². The largest absolute Gasteiger partial charge is 0.394 e. The van der Waals surface area contributed by atoms with E-state index in [2.05, 4.69) is 5.32 Å². The van der Waals surface area contributed by atoms with E-state index < -0.39 is 74.7 Å². The van der Waals surface area contributed by atoms with E-state index in [1.54, 1.807) is 0 Å². The van der Waals surface area contributed by atoms with Gasteiger partial charge in [0.1, 0.15) is 12.2 Å². The molecule has 0 aromatic heterocycles. The van der Waals surface area contributed by atoms with Crippen molar-refractivity contribution in [3.63, 3.8) is 0 Å². The lowest BCUT2D eigenvalue weighted by Crippen LogP contribution is -2.52. The average molecular weight is 622 g/mol. The number of carbonyl (C=O) groups excluding carboxylic acids is 1. The quantitative estimate of drug-likeness (QED) is 0.254. The van der Waals surface area contributed by atoms with Gasteiger partial charge in [-0.3, -0.25) is 4.79 Å². The van der Waals surface area contributed by atoms with Gasteiger partial charge in [0, 0.05) is 23.4 Å². The lowest BCUT2D eigenvalue weighted by molar-refractivity contribution is -0.135. The highest BCUT2D eigenvalue weighted by Gasteiger charge is 2.58. The van der Waals surface area contributed by atoms with Crippen molar-refractivity contribution < 1.29 is 51.5 Å². The third-order valence-electron chi connectivity index (χ3n) is 8.19. The summed E-state index contributed by atoms with van der Waals surface area (Å²) in [5.74, 6) is -6.61. The monoisotopic (exact) mass is 621 g/mol. The molecule has 41 heavy (non-hydrogen) atoms. The highest BCUT2D eigenvalue weighted by molar-refractivity contribution is 7.92. The number of amides is 1. The van der Waals surface area contributed by atoms with E-state index in [1.807, 2.05) is 6.92 Å². The third-order valence-corrected chi connectivity index (χ3v) is 10.8. The standard InChI is InChI=1S/C27H31ClF3NO8S/c1-13-4-15-6-17(9-18(13)27(15,37)12-40-11-23(35)22(34)10-33)41(38,39)24-5-14(2-3-19(24)28)26(36)32-16-7-20(29)25(31)21(30)8-16/h2-3,5,7-8,13,15,17-18,22-23,33-35,37H,4,6,9-12H2,1H3,(H,32,36)/t13-,15?,17+,18?,22?,23-,27+/m0/s1. The van der Waals surface area contributed by atoms with Crippen molar-refractivity contribution in [3.8, 4) is 0 Å². The molecule has 0 aliphatic heterocycles. The van der Waals surface area contributed by atoms with Crippen LogP contribution >= 0.6 is 11.6 Å². The number of aliphatic hydroxyl groups excluding tert-OH is 3. The minimum Gasteiger partial charge on any atom is -0.394 e. The molecule has 2 aromatic rings. The van der Waals surface area contributed by atoms with Gasteiger partial charge in [0.2, 0.25) is 0 Å². The number of hydrogen-bond donors (Lipinski definition) is 5. The SMILES string of the molecule is C[C@H]1CC2C[C@@H](S(=O)(=O)c3cc(C(=O)Nc4cc(F)c(F)c(F)c4)ccc3Cl)CC1[C@@]2(O)COC[C@H](O)C(O)CO. The number of carbonyl (C=O) groups is 1. The summed E-state index contributed by atoms with van der Waals surface area (Å²) >= 11 is 6.25. The van der Waals surface area contributed by atoms with E-state index in [0.29, 0.717) is 18.6 Å². The first kappa shape index (κ1) is 31.7. The molecule has 226 valence electrons. The molecule has 4 rings (SSSR count). The van der Waals surface area contributed by atoms with Gasteiger partial charge < -0.3 is 30.5 Å². The number of hydrogen-bond acceptors (Lipinski definition) is 8. The number of aliphatic hydroxyl groups is 4. The van der Waals surface area contributed by atoms with Gasteiger partial charge >= 0.3 is 0 Å². The summed E-state index contributed by atoms with van der Waals surface area (Å²) in [6.07, 6.45) is -2.09. The van der Waals surface area contributed by atoms with Crippen LogP contribution in [0.15, 0.2) is 35.2 Å². The minimum absolute atomic E-state index is 0.0501. The lowest BCUT2D eigenvalue weighted by Gasteiger charge is -2.43. The first-order chi connectivity index (χ1) is 19.2. The van der Waals surface area contributed by atoms with Crippen LogP contribution in [0.1, 0.15) is 36.5 Å². The van der Waals surface area contributed by atoms with Crippen molar-refractivity contribution in [2.45, 2.75) is 54.1 Å². The number of rotatable bonds is 10. The van der Waals surface area contributed by atoms with Gasteiger partial charge in [0.15, 0.2) is 27.3 Å². The molecular formula is C27H31ClF3NO8S. The zero-order valence-electron chi connectivity index (χ0n) is 21.9. The van der Waals surface area contributed by atoms with Gasteiger partial charge in [-0.05, 0) is 55.2 Å². The van der Waals surface area contributed by atoms with Crippen LogP contribution in [0.4, 0.5) is 18.9 Å². The smallest absolute Gasteiger partial charge is 0.255 e.